The first-order chi connectivity index (χ1) is 11.1. The predicted octanol–water partition coefficient (Wildman–Crippen LogP) is 2.35. The smallest absolute Gasteiger partial charge is 0.261 e. The molecule has 0 aliphatic heterocycles. The SMILES string of the molecule is Cc1cc(S(=O)(=O)N(C)C)cc(NS(=O)(=O)c2ccccc2)c1C. The summed E-state index contributed by atoms with van der Waals surface area (Å²) in [6.45, 7) is 3.48. The van der Waals surface area contributed by atoms with Crippen molar-refractivity contribution in [2.45, 2.75) is 23.6 Å². The average molecular weight is 368 g/mol. The molecule has 24 heavy (non-hydrogen) atoms. The van der Waals surface area contributed by atoms with Gasteiger partial charge >= 0.3 is 0 Å². The predicted molar refractivity (Wildman–Crippen MR) is 94.0 cm³/mol. The monoisotopic (exact) mass is 368 g/mol. The van der Waals surface area contributed by atoms with Gasteiger partial charge in [-0.25, -0.2) is 21.1 Å². The maximum Gasteiger partial charge on any atom is 0.261 e. The van der Waals surface area contributed by atoms with Crippen LogP contribution in [-0.4, -0.2) is 35.2 Å². The van der Waals surface area contributed by atoms with Crippen molar-refractivity contribution in [3.63, 3.8) is 0 Å². The molecule has 0 atom stereocenters. The van der Waals surface area contributed by atoms with E-state index in [9.17, 15) is 16.8 Å². The molecule has 0 saturated heterocycles. The Morgan fingerprint density at radius 2 is 1.46 bits per heavy atom. The van der Waals surface area contributed by atoms with Gasteiger partial charge in [0, 0.05) is 14.1 Å². The minimum atomic E-state index is -3.79. The summed E-state index contributed by atoms with van der Waals surface area (Å²) in [7, 11) is -4.60. The van der Waals surface area contributed by atoms with Crippen LogP contribution in [-0.2, 0) is 20.0 Å². The number of aryl methyl sites for hydroxylation is 1. The summed E-state index contributed by atoms with van der Waals surface area (Å²) in [5, 5.41) is 0. The molecule has 0 fully saturated rings. The minimum absolute atomic E-state index is 0.0429. The van der Waals surface area contributed by atoms with Crippen LogP contribution in [0.25, 0.3) is 0 Å². The molecule has 0 heterocycles. The molecule has 6 nitrogen and oxygen atoms in total. The van der Waals surface area contributed by atoms with Crippen molar-refractivity contribution in [1.29, 1.82) is 0 Å². The lowest BCUT2D eigenvalue weighted by atomic mass is 10.1. The van der Waals surface area contributed by atoms with Crippen molar-refractivity contribution in [2.75, 3.05) is 18.8 Å². The zero-order chi connectivity index (χ0) is 18.1. The van der Waals surface area contributed by atoms with Gasteiger partial charge in [-0.15, -0.1) is 0 Å². The van der Waals surface area contributed by atoms with Crippen LogP contribution in [0.3, 0.4) is 0 Å². The van der Waals surface area contributed by atoms with Crippen LogP contribution in [0.4, 0.5) is 5.69 Å². The lowest BCUT2D eigenvalue weighted by molar-refractivity contribution is 0.520. The molecule has 0 saturated carbocycles. The Bertz CT molecular complexity index is 951. The van der Waals surface area contributed by atoms with E-state index < -0.39 is 20.0 Å². The van der Waals surface area contributed by atoms with Crippen LogP contribution >= 0.6 is 0 Å². The van der Waals surface area contributed by atoms with Gasteiger partial charge in [0.25, 0.3) is 10.0 Å². The van der Waals surface area contributed by atoms with Gasteiger partial charge in [0.15, 0.2) is 0 Å². The third-order valence-corrected chi connectivity index (χ3v) is 6.89. The van der Waals surface area contributed by atoms with E-state index in [0.29, 0.717) is 11.1 Å². The van der Waals surface area contributed by atoms with E-state index in [0.717, 1.165) is 4.31 Å². The molecule has 0 bridgehead atoms. The van der Waals surface area contributed by atoms with Crippen molar-refractivity contribution >= 4 is 25.7 Å². The summed E-state index contributed by atoms with van der Waals surface area (Å²) in [5.41, 5.74) is 1.61. The molecule has 0 aliphatic carbocycles. The molecule has 2 rings (SSSR count). The van der Waals surface area contributed by atoms with Crippen molar-refractivity contribution in [1.82, 2.24) is 4.31 Å². The Balaban J connectivity index is 2.54. The maximum atomic E-state index is 12.5. The van der Waals surface area contributed by atoms with Crippen LogP contribution in [0, 0.1) is 13.8 Å². The first-order valence-electron chi connectivity index (χ1n) is 7.17. The highest BCUT2D eigenvalue weighted by atomic mass is 32.2. The fourth-order valence-electron chi connectivity index (χ4n) is 2.10. The number of hydrogen-bond donors (Lipinski definition) is 1. The van der Waals surface area contributed by atoms with Crippen molar-refractivity contribution in [3.05, 3.63) is 53.6 Å². The van der Waals surface area contributed by atoms with E-state index in [2.05, 4.69) is 4.72 Å². The van der Waals surface area contributed by atoms with Crippen LogP contribution in [0.5, 0.6) is 0 Å². The highest BCUT2D eigenvalue weighted by Crippen LogP contribution is 2.27. The Kier molecular flexibility index (Phi) is 5.03. The Morgan fingerprint density at radius 1 is 0.875 bits per heavy atom. The minimum Gasteiger partial charge on any atom is -0.279 e. The van der Waals surface area contributed by atoms with E-state index >= 15 is 0 Å². The van der Waals surface area contributed by atoms with Gasteiger partial charge in [0.2, 0.25) is 10.0 Å². The van der Waals surface area contributed by atoms with Gasteiger partial charge in [-0.3, -0.25) is 4.72 Å². The van der Waals surface area contributed by atoms with Gasteiger partial charge in [-0.2, -0.15) is 0 Å². The van der Waals surface area contributed by atoms with Crippen LogP contribution in [0.1, 0.15) is 11.1 Å². The molecule has 8 heteroatoms. The number of sulfonamides is 2. The summed E-state index contributed by atoms with van der Waals surface area (Å²) < 4.78 is 53.2. The molecular weight excluding hydrogens is 348 g/mol. The second-order valence-electron chi connectivity index (χ2n) is 5.62. The second kappa shape index (κ2) is 6.54. The number of benzene rings is 2. The number of nitrogens with zero attached hydrogens (tertiary/aromatic N) is 1. The standard InChI is InChI=1S/C16H20N2O4S2/c1-12-10-15(24(21,22)18(3)4)11-16(13(12)2)17-23(19,20)14-8-6-5-7-9-14/h5-11,17H,1-4H3. The van der Waals surface area contributed by atoms with Crippen LogP contribution < -0.4 is 4.72 Å². The van der Waals surface area contributed by atoms with Crippen LogP contribution in [0.15, 0.2) is 52.3 Å². The zero-order valence-electron chi connectivity index (χ0n) is 13.9. The molecule has 0 aliphatic rings. The van der Waals surface area contributed by atoms with Crippen molar-refractivity contribution in [3.8, 4) is 0 Å². The second-order valence-corrected chi connectivity index (χ2v) is 9.45. The number of nitrogens with one attached hydrogen (secondary N) is 1. The Hall–Kier alpha value is -1.90. The third-order valence-electron chi connectivity index (χ3n) is 3.72. The van der Waals surface area contributed by atoms with Crippen LogP contribution in [0.2, 0.25) is 0 Å². The topological polar surface area (TPSA) is 83.6 Å². The fraction of sp³-hybridized carbons (Fsp3) is 0.250. The summed E-state index contributed by atoms with van der Waals surface area (Å²) in [5.74, 6) is 0. The molecule has 0 radical (unpaired) electrons. The lowest BCUT2D eigenvalue weighted by Gasteiger charge is -2.17. The quantitative estimate of drug-likeness (QED) is 0.878. The highest BCUT2D eigenvalue weighted by Gasteiger charge is 2.22. The van der Waals surface area contributed by atoms with E-state index in [1.54, 1.807) is 32.0 Å². The summed E-state index contributed by atoms with van der Waals surface area (Å²) in [6.07, 6.45) is 0. The maximum absolute atomic E-state index is 12.5. The van der Waals surface area contributed by atoms with Crippen molar-refractivity contribution in [2.24, 2.45) is 0 Å². The van der Waals surface area contributed by atoms with Gasteiger partial charge in [-0.1, -0.05) is 18.2 Å². The van der Waals surface area contributed by atoms with Gasteiger partial charge in [-0.05, 0) is 49.2 Å². The fourth-order valence-corrected chi connectivity index (χ4v) is 4.24. The molecular formula is C16H20N2O4S2. The molecule has 2 aromatic rings. The lowest BCUT2D eigenvalue weighted by Crippen LogP contribution is -2.23. The molecule has 0 unspecified atom stereocenters. The molecule has 1 N–H and O–H groups in total. The number of anilines is 1. The summed E-state index contributed by atoms with van der Waals surface area (Å²) in [6, 6.07) is 10.8. The highest BCUT2D eigenvalue weighted by molar-refractivity contribution is 7.92. The first kappa shape index (κ1) is 18.4. The Morgan fingerprint density at radius 3 is 2.00 bits per heavy atom. The van der Waals surface area contributed by atoms with Crippen molar-refractivity contribution < 1.29 is 16.8 Å². The first-order valence-corrected chi connectivity index (χ1v) is 10.1. The molecule has 2 aromatic carbocycles. The van der Waals surface area contributed by atoms with Gasteiger partial charge in [0.1, 0.15) is 0 Å². The summed E-state index contributed by atoms with van der Waals surface area (Å²) in [4.78, 5) is 0.157. The zero-order valence-corrected chi connectivity index (χ0v) is 15.6. The summed E-state index contributed by atoms with van der Waals surface area (Å²) >= 11 is 0. The van der Waals surface area contributed by atoms with Gasteiger partial charge < -0.3 is 0 Å². The molecule has 130 valence electrons. The van der Waals surface area contributed by atoms with E-state index in [4.69, 9.17) is 0 Å². The third kappa shape index (κ3) is 3.61. The van der Waals surface area contributed by atoms with E-state index in [-0.39, 0.29) is 15.5 Å². The van der Waals surface area contributed by atoms with E-state index in [1.807, 2.05) is 0 Å². The largest absolute Gasteiger partial charge is 0.279 e. The molecule has 0 aromatic heterocycles. The Labute approximate surface area is 143 Å². The number of hydrogen-bond acceptors (Lipinski definition) is 4. The number of rotatable bonds is 5. The normalized spacial score (nSPS) is 12.4. The average Bonchev–Trinajstić information content (AvgIpc) is 2.52. The van der Waals surface area contributed by atoms with E-state index in [1.165, 1.54) is 38.4 Å². The molecule has 0 spiro atoms. The van der Waals surface area contributed by atoms with Gasteiger partial charge in [0.05, 0.1) is 15.5 Å². The molecule has 0 amide bonds.